The van der Waals surface area contributed by atoms with Crippen molar-refractivity contribution in [2.24, 2.45) is 0 Å². The van der Waals surface area contributed by atoms with E-state index in [1.165, 1.54) is 0 Å². The van der Waals surface area contributed by atoms with E-state index < -0.39 is 0 Å². The number of aromatic hydroxyl groups is 1. The van der Waals surface area contributed by atoms with Crippen LogP contribution in [0.5, 0.6) is 23.1 Å². The third kappa shape index (κ3) is 3.34. The van der Waals surface area contributed by atoms with Gasteiger partial charge < -0.3 is 19.1 Å². The molecule has 0 aliphatic carbocycles. The SMILES string of the molecule is COc1ccccc1Oc1cccc(Cn2cc3cccc(C)c3c2O)c1. The largest absolute Gasteiger partial charge is 0.494 e. The minimum absolute atomic E-state index is 0.291. The standard InChI is InChI=1S/C23H21NO3/c1-16-7-5-9-18-15-24(23(25)22(16)18)14-17-8-6-10-19(13-17)27-21-12-4-3-11-20(21)26-2/h3-13,15,25H,14H2,1-2H3. The van der Waals surface area contributed by atoms with E-state index in [-0.39, 0.29) is 0 Å². The van der Waals surface area contributed by atoms with Crippen LogP contribution in [0.15, 0.2) is 72.9 Å². The Morgan fingerprint density at radius 2 is 1.70 bits per heavy atom. The molecule has 0 unspecified atom stereocenters. The molecular formula is C23H21NO3. The molecule has 0 saturated heterocycles. The van der Waals surface area contributed by atoms with Crippen LogP contribution in [-0.4, -0.2) is 16.8 Å². The summed E-state index contributed by atoms with van der Waals surface area (Å²) in [7, 11) is 1.63. The van der Waals surface area contributed by atoms with Gasteiger partial charge in [0.15, 0.2) is 17.4 Å². The first-order valence-electron chi connectivity index (χ1n) is 8.83. The van der Waals surface area contributed by atoms with E-state index in [1.807, 2.05) is 84.4 Å². The summed E-state index contributed by atoms with van der Waals surface area (Å²) < 4.78 is 13.2. The summed E-state index contributed by atoms with van der Waals surface area (Å²) in [5.74, 6) is 2.37. The summed E-state index contributed by atoms with van der Waals surface area (Å²) in [5.41, 5.74) is 2.10. The second-order valence-corrected chi connectivity index (χ2v) is 6.52. The van der Waals surface area contributed by atoms with Crippen LogP contribution in [-0.2, 0) is 6.54 Å². The van der Waals surface area contributed by atoms with Gasteiger partial charge >= 0.3 is 0 Å². The molecule has 0 bridgehead atoms. The van der Waals surface area contributed by atoms with Gasteiger partial charge in [-0.05, 0) is 42.3 Å². The zero-order chi connectivity index (χ0) is 18.8. The summed E-state index contributed by atoms with van der Waals surface area (Å²) in [6, 6.07) is 21.4. The maximum Gasteiger partial charge on any atom is 0.199 e. The number of aryl methyl sites for hydroxylation is 1. The molecule has 1 heterocycles. The Balaban J connectivity index is 1.62. The van der Waals surface area contributed by atoms with Crippen LogP contribution in [0.3, 0.4) is 0 Å². The van der Waals surface area contributed by atoms with Gasteiger partial charge in [0.05, 0.1) is 13.7 Å². The normalized spacial score (nSPS) is 10.9. The zero-order valence-corrected chi connectivity index (χ0v) is 15.3. The Bertz CT molecular complexity index is 1100. The number of nitrogens with zero attached hydrogens (tertiary/aromatic N) is 1. The number of methoxy groups -OCH3 is 1. The first kappa shape index (κ1) is 17.0. The lowest BCUT2D eigenvalue weighted by molar-refractivity contribution is 0.378. The average Bonchev–Trinajstić information content (AvgIpc) is 2.99. The summed E-state index contributed by atoms with van der Waals surface area (Å²) in [4.78, 5) is 0. The molecule has 0 aliphatic rings. The molecule has 0 radical (unpaired) electrons. The molecule has 4 nitrogen and oxygen atoms in total. The van der Waals surface area contributed by atoms with Crippen LogP contribution >= 0.6 is 0 Å². The van der Waals surface area contributed by atoms with E-state index in [1.54, 1.807) is 7.11 Å². The number of hydrogen-bond acceptors (Lipinski definition) is 3. The highest BCUT2D eigenvalue weighted by Gasteiger charge is 2.11. The van der Waals surface area contributed by atoms with Gasteiger partial charge in [0.1, 0.15) is 5.75 Å². The Labute approximate surface area is 158 Å². The van der Waals surface area contributed by atoms with Crippen LogP contribution in [0, 0.1) is 6.92 Å². The third-order valence-electron chi connectivity index (χ3n) is 4.64. The van der Waals surface area contributed by atoms with Gasteiger partial charge in [0.2, 0.25) is 0 Å². The fraction of sp³-hybridized carbons (Fsp3) is 0.130. The highest BCUT2D eigenvalue weighted by atomic mass is 16.5. The van der Waals surface area contributed by atoms with Crippen molar-refractivity contribution in [3.63, 3.8) is 0 Å². The zero-order valence-electron chi connectivity index (χ0n) is 15.3. The molecule has 4 rings (SSSR count). The minimum atomic E-state index is 0.291. The number of ether oxygens (including phenoxy) is 2. The molecule has 0 aliphatic heterocycles. The molecule has 27 heavy (non-hydrogen) atoms. The topological polar surface area (TPSA) is 43.6 Å². The molecule has 0 spiro atoms. The van der Waals surface area contributed by atoms with Crippen LogP contribution in [0.1, 0.15) is 11.1 Å². The molecule has 1 N–H and O–H groups in total. The van der Waals surface area contributed by atoms with Crippen molar-refractivity contribution in [1.82, 2.24) is 4.57 Å². The van der Waals surface area contributed by atoms with Crippen molar-refractivity contribution in [3.8, 4) is 23.1 Å². The second kappa shape index (κ2) is 7.08. The van der Waals surface area contributed by atoms with Crippen molar-refractivity contribution in [2.75, 3.05) is 7.11 Å². The molecule has 4 heteroatoms. The Kier molecular flexibility index (Phi) is 4.47. The number of fused-ring (bicyclic) bond motifs is 1. The number of rotatable bonds is 5. The van der Waals surface area contributed by atoms with E-state index in [0.29, 0.717) is 23.9 Å². The first-order valence-corrected chi connectivity index (χ1v) is 8.83. The number of hydrogen-bond donors (Lipinski definition) is 1. The van der Waals surface area contributed by atoms with E-state index in [9.17, 15) is 5.11 Å². The molecule has 136 valence electrons. The smallest absolute Gasteiger partial charge is 0.199 e. The lowest BCUT2D eigenvalue weighted by Crippen LogP contribution is -1.98. The molecule has 0 fully saturated rings. The van der Waals surface area contributed by atoms with Crippen molar-refractivity contribution in [1.29, 1.82) is 0 Å². The molecular weight excluding hydrogens is 338 g/mol. The lowest BCUT2D eigenvalue weighted by Gasteiger charge is -2.11. The number of aromatic nitrogens is 1. The summed E-state index contributed by atoms with van der Waals surface area (Å²) >= 11 is 0. The highest BCUT2D eigenvalue weighted by molar-refractivity contribution is 5.90. The van der Waals surface area contributed by atoms with Crippen molar-refractivity contribution in [3.05, 3.63) is 84.1 Å². The van der Waals surface area contributed by atoms with Crippen LogP contribution in [0.4, 0.5) is 0 Å². The van der Waals surface area contributed by atoms with Gasteiger partial charge in [0, 0.05) is 17.0 Å². The summed E-state index contributed by atoms with van der Waals surface area (Å²) in [5, 5.41) is 12.6. The Hall–Kier alpha value is -3.40. The second-order valence-electron chi connectivity index (χ2n) is 6.52. The van der Waals surface area contributed by atoms with Crippen LogP contribution in [0.2, 0.25) is 0 Å². The predicted octanol–water partition coefficient (Wildman–Crippen LogP) is 5.50. The Morgan fingerprint density at radius 1 is 0.926 bits per heavy atom. The van der Waals surface area contributed by atoms with Crippen molar-refractivity contribution >= 4 is 10.8 Å². The van der Waals surface area contributed by atoms with Gasteiger partial charge in [-0.1, -0.05) is 42.5 Å². The summed E-state index contributed by atoms with van der Waals surface area (Å²) in [6.07, 6.45) is 1.98. The van der Waals surface area contributed by atoms with Crippen LogP contribution < -0.4 is 9.47 Å². The van der Waals surface area contributed by atoms with Gasteiger partial charge in [0.25, 0.3) is 0 Å². The van der Waals surface area contributed by atoms with E-state index >= 15 is 0 Å². The van der Waals surface area contributed by atoms with Gasteiger partial charge in [-0.2, -0.15) is 0 Å². The maximum absolute atomic E-state index is 10.6. The van der Waals surface area contributed by atoms with E-state index in [0.717, 1.165) is 27.6 Å². The fourth-order valence-corrected chi connectivity index (χ4v) is 3.33. The van der Waals surface area contributed by atoms with Crippen LogP contribution in [0.25, 0.3) is 10.8 Å². The molecule has 0 atom stereocenters. The van der Waals surface area contributed by atoms with Gasteiger partial charge in [-0.3, -0.25) is 0 Å². The Morgan fingerprint density at radius 3 is 2.48 bits per heavy atom. The molecule has 1 aromatic heterocycles. The first-order chi connectivity index (χ1) is 13.2. The monoisotopic (exact) mass is 359 g/mol. The molecule has 3 aromatic carbocycles. The minimum Gasteiger partial charge on any atom is -0.494 e. The average molecular weight is 359 g/mol. The molecule has 4 aromatic rings. The third-order valence-corrected chi connectivity index (χ3v) is 4.64. The van der Waals surface area contributed by atoms with Crippen molar-refractivity contribution in [2.45, 2.75) is 13.5 Å². The van der Waals surface area contributed by atoms with Crippen molar-refractivity contribution < 1.29 is 14.6 Å². The van der Waals surface area contributed by atoms with E-state index in [2.05, 4.69) is 0 Å². The quantitative estimate of drug-likeness (QED) is 0.511. The summed E-state index contributed by atoms with van der Waals surface area (Å²) in [6.45, 7) is 2.57. The molecule has 0 amide bonds. The maximum atomic E-state index is 10.6. The molecule has 0 saturated carbocycles. The highest BCUT2D eigenvalue weighted by Crippen LogP contribution is 2.33. The van der Waals surface area contributed by atoms with Gasteiger partial charge in [-0.25, -0.2) is 0 Å². The van der Waals surface area contributed by atoms with Gasteiger partial charge in [-0.15, -0.1) is 0 Å². The predicted molar refractivity (Wildman–Crippen MR) is 107 cm³/mol. The van der Waals surface area contributed by atoms with E-state index in [4.69, 9.17) is 9.47 Å². The fourth-order valence-electron chi connectivity index (χ4n) is 3.33. The lowest BCUT2D eigenvalue weighted by atomic mass is 10.1. The number of benzene rings is 3. The number of para-hydroxylation sites is 2.